The molecule has 1 atom stereocenters. The molecular weight excluding hydrogens is 390 g/mol. The molecule has 2 aliphatic heterocycles. The van der Waals surface area contributed by atoms with E-state index in [4.69, 9.17) is 9.97 Å². The summed E-state index contributed by atoms with van der Waals surface area (Å²) in [6.07, 6.45) is 14.1. The number of fused-ring (bicyclic) bond motifs is 3. The van der Waals surface area contributed by atoms with Crippen LogP contribution >= 0.6 is 0 Å². The molecule has 1 aliphatic carbocycles. The van der Waals surface area contributed by atoms with Crippen molar-refractivity contribution in [1.82, 2.24) is 34.3 Å². The zero-order valence-electron chi connectivity index (χ0n) is 18.3. The zero-order valence-corrected chi connectivity index (χ0v) is 18.3. The monoisotopic (exact) mass is 419 g/mol. The summed E-state index contributed by atoms with van der Waals surface area (Å²) in [5.41, 5.74) is 0.987. The predicted molar refractivity (Wildman–Crippen MR) is 118 cm³/mol. The lowest BCUT2D eigenvalue weighted by Crippen LogP contribution is -2.42. The van der Waals surface area contributed by atoms with Crippen LogP contribution in [0.4, 0.5) is 11.8 Å². The first-order chi connectivity index (χ1) is 15.3. The van der Waals surface area contributed by atoms with Crippen molar-refractivity contribution < 1.29 is 0 Å². The second-order valence-corrected chi connectivity index (χ2v) is 8.88. The number of imidazole rings is 1. The first-order valence-corrected chi connectivity index (χ1v) is 11.6. The van der Waals surface area contributed by atoms with Gasteiger partial charge in [-0.15, -0.1) is 10.2 Å². The molecule has 0 spiro atoms. The van der Waals surface area contributed by atoms with Gasteiger partial charge in [-0.1, -0.05) is 19.8 Å². The fourth-order valence-corrected chi connectivity index (χ4v) is 5.58. The van der Waals surface area contributed by atoms with Gasteiger partial charge in [0.05, 0.1) is 12.2 Å². The molecule has 6 rings (SSSR count). The maximum Gasteiger partial charge on any atom is 0.238 e. The van der Waals surface area contributed by atoms with E-state index in [-0.39, 0.29) is 6.04 Å². The molecule has 162 valence electrons. The SMILES string of the molecule is CC[C@@H]1c2nnc(C)n2-c2cnc(-n3ccnc3N3CCCC3)nc2N1C1CCCC1. The molecule has 5 heterocycles. The van der Waals surface area contributed by atoms with Crippen LogP contribution in [-0.2, 0) is 0 Å². The van der Waals surface area contributed by atoms with Crippen molar-refractivity contribution >= 4 is 11.8 Å². The molecule has 1 saturated heterocycles. The lowest BCUT2D eigenvalue weighted by atomic mass is 10.0. The molecule has 9 nitrogen and oxygen atoms in total. The van der Waals surface area contributed by atoms with Crippen LogP contribution in [0, 0.1) is 6.92 Å². The minimum absolute atomic E-state index is 0.181. The Morgan fingerprint density at radius 1 is 1.03 bits per heavy atom. The van der Waals surface area contributed by atoms with E-state index in [1.807, 2.05) is 30.1 Å². The molecular formula is C22H29N9. The van der Waals surface area contributed by atoms with E-state index in [0.29, 0.717) is 12.0 Å². The van der Waals surface area contributed by atoms with Crippen molar-refractivity contribution in [3.05, 3.63) is 30.2 Å². The third-order valence-electron chi connectivity index (χ3n) is 7.04. The highest BCUT2D eigenvalue weighted by Crippen LogP contribution is 2.43. The maximum atomic E-state index is 5.17. The molecule has 0 amide bonds. The van der Waals surface area contributed by atoms with Crippen LogP contribution in [0.15, 0.2) is 18.6 Å². The molecule has 0 aromatic carbocycles. The van der Waals surface area contributed by atoms with E-state index in [9.17, 15) is 0 Å². The Hall–Kier alpha value is -2.97. The van der Waals surface area contributed by atoms with E-state index in [2.05, 4.69) is 36.5 Å². The summed E-state index contributed by atoms with van der Waals surface area (Å²) in [5, 5.41) is 8.97. The summed E-state index contributed by atoms with van der Waals surface area (Å²) in [7, 11) is 0. The van der Waals surface area contributed by atoms with Crippen LogP contribution in [0.25, 0.3) is 11.6 Å². The molecule has 31 heavy (non-hydrogen) atoms. The highest BCUT2D eigenvalue weighted by atomic mass is 15.4. The van der Waals surface area contributed by atoms with Crippen molar-refractivity contribution in [2.75, 3.05) is 22.9 Å². The Morgan fingerprint density at radius 3 is 2.61 bits per heavy atom. The maximum absolute atomic E-state index is 5.17. The summed E-state index contributed by atoms with van der Waals surface area (Å²) in [6.45, 7) is 6.32. The average Bonchev–Trinajstić information content (AvgIpc) is 3.59. The van der Waals surface area contributed by atoms with Crippen LogP contribution < -0.4 is 9.80 Å². The van der Waals surface area contributed by atoms with Crippen LogP contribution in [-0.4, -0.2) is 53.4 Å². The fourth-order valence-electron chi connectivity index (χ4n) is 5.58. The summed E-state index contributed by atoms with van der Waals surface area (Å²) >= 11 is 0. The normalized spacial score (nSPS) is 21.0. The molecule has 3 aromatic rings. The van der Waals surface area contributed by atoms with E-state index in [1.165, 1.54) is 38.5 Å². The summed E-state index contributed by atoms with van der Waals surface area (Å²) < 4.78 is 4.18. The number of anilines is 2. The van der Waals surface area contributed by atoms with Crippen molar-refractivity contribution in [2.45, 2.75) is 70.9 Å². The Morgan fingerprint density at radius 2 is 1.84 bits per heavy atom. The van der Waals surface area contributed by atoms with E-state index < -0.39 is 0 Å². The van der Waals surface area contributed by atoms with Gasteiger partial charge in [0.15, 0.2) is 11.6 Å². The minimum Gasteiger partial charge on any atom is -0.342 e. The number of nitrogens with zero attached hydrogens (tertiary/aromatic N) is 9. The van der Waals surface area contributed by atoms with Crippen molar-refractivity contribution in [3.8, 4) is 11.6 Å². The van der Waals surface area contributed by atoms with E-state index in [0.717, 1.165) is 48.6 Å². The van der Waals surface area contributed by atoms with Gasteiger partial charge in [0.2, 0.25) is 11.9 Å². The topological polar surface area (TPSA) is 80.8 Å². The summed E-state index contributed by atoms with van der Waals surface area (Å²) in [6, 6.07) is 0.665. The molecule has 3 aromatic heterocycles. The molecule has 0 N–H and O–H groups in total. The van der Waals surface area contributed by atoms with Gasteiger partial charge in [-0.05, 0) is 39.0 Å². The molecule has 0 bridgehead atoms. The van der Waals surface area contributed by atoms with Gasteiger partial charge in [-0.3, -0.25) is 9.13 Å². The van der Waals surface area contributed by atoms with Crippen LogP contribution in [0.1, 0.15) is 69.6 Å². The number of hydrogen-bond donors (Lipinski definition) is 0. The smallest absolute Gasteiger partial charge is 0.238 e. The standard InChI is InChI=1S/C22H29N9/c1-3-17-20-27-26-15(2)30(20)18-14-24-21(25-19(18)31(17)16-8-4-5-9-16)29-13-10-23-22(29)28-11-6-7-12-28/h10,13-14,16-17H,3-9,11-12H2,1-2H3/t17-/m1/s1. The summed E-state index contributed by atoms with van der Waals surface area (Å²) in [5.74, 6) is 4.52. The first kappa shape index (κ1) is 18.8. The second-order valence-electron chi connectivity index (χ2n) is 8.88. The lowest BCUT2D eigenvalue weighted by Gasteiger charge is -2.41. The summed E-state index contributed by atoms with van der Waals surface area (Å²) in [4.78, 5) is 19.4. The third-order valence-corrected chi connectivity index (χ3v) is 7.04. The number of aromatic nitrogens is 7. The highest BCUT2D eigenvalue weighted by Gasteiger charge is 2.39. The zero-order chi connectivity index (χ0) is 20.9. The number of aryl methyl sites for hydroxylation is 1. The van der Waals surface area contributed by atoms with Gasteiger partial charge in [0, 0.05) is 31.5 Å². The first-order valence-electron chi connectivity index (χ1n) is 11.6. The van der Waals surface area contributed by atoms with Gasteiger partial charge in [0.25, 0.3) is 0 Å². The van der Waals surface area contributed by atoms with E-state index >= 15 is 0 Å². The highest BCUT2D eigenvalue weighted by molar-refractivity contribution is 5.63. The number of hydrogen-bond acceptors (Lipinski definition) is 7. The average molecular weight is 420 g/mol. The van der Waals surface area contributed by atoms with Crippen LogP contribution in [0.2, 0.25) is 0 Å². The molecule has 1 saturated carbocycles. The van der Waals surface area contributed by atoms with Gasteiger partial charge < -0.3 is 9.80 Å². The fraction of sp³-hybridized carbons (Fsp3) is 0.591. The van der Waals surface area contributed by atoms with Gasteiger partial charge in [-0.2, -0.15) is 4.98 Å². The van der Waals surface area contributed by atoms with Gasteiger partial charge in [0.1, 0.15) is 11.5 Å². The van der Waals surface area contributed by atoms with Gasteiger partial charge in [-0.25, -0.2) is 9.97 Å². The quantitative estimate of drug-likeness (QED) is 0.641. The second kappa shape index (κ2) is 7.32. The Labute approximate surface area is 182 Å². The predicted octanol–water partition coefficient (Wildman–Crippen LogP) is 3.37. The van der Waals surface area contributed by atoms with Crippen molar-refractivity contribution in [2.24, 2.45) is 0 Å². The van der Waals surface area contributed by atoms with Crippen molar-refractivity contribution in [1.29, 1.82) is 0 Å². The number of rotatable bonds is 4. The molecule has 0 unspecified atom stereocenters. The lowest BCUT2D eigenvalue weighted by molar-refractivity contribution is 0.467. The molecule has 9 heteroatoms. The Bertz CT molecular complexity index is 1090. The largest absolute Gasteiger partial charge is 0.342 e. The Balaban J connectivity index is 1.51. The van der Waals surface area contributed by atoms with Crippen LogP contribution in [0.3, 0.4) is 0 Å². The molecule has 2 fully saturated rings. The van der Waals surface area contributed by atoms with Crippen LogP contribution in [0.5, 0.6) is 0 Å². The Kier molecular flexibility index (Phi) is 4.43. The minimum atomic E-state index is 0.181. The third kappa shape index (κ3) is 2.85. The van der Waals surface area contributed by atoms with Gasteiger partial charge >= 0.3 is 0 Å². The molecule has 3 aliphatic rings. The van der Waals surface area contributed by atoms with E-state index in [1.54, 1.807) is 0 Å². The van der Waals surface area contributed by atoms with Crippen molar-refractivity contribution in [3.63, 3.8) is 0 Å². The molecule has 0 radical (unpaired) electrons.